The van der Waals surface area contributed by atoms with Crippen molar-refractivity contribution in [3.8, 4) is 0 Å². The van der Waals surface area contributed by atoms with Crippen molar-refractivity contribution in [1.82, 2.24) is 15.1 Å². The molecule has 1 amide bonds. The monoisotopic (exact) mass is 267 g/mol. The number of hydrogen-bond acceptors (Lipinski definition) is 3. The van der Waals surface area contributed by atoms with Crippen molar-refractivity contribution in [3.05, 3.63) is 17.0 Å². The number of carbonyl (C=O) groups excluding carboxylic acids is 1. The minimum absolute atomic E-state index is 0.0410. The molecule has 1 heterocycles. The van der Waals surface area contributed by atoms with E-state index in [9.17, 15) is 9.59 Å². The lowest BCUT2D eigenvalue weighted by Crippen LogP contribution is -2.33. The van der Waals surface area contributed by atoms with Crippen molar-refractivity contribution >= 4 is 11.9 Å². The van der Waals surface area contributed by atoms with Crippen LogP contribution in [0.2, 0.25) is 0 Å². The van der Waals surface area contributed by atoms with E-state index in [1.54, 1.807) is 4.68 Å². The van der Waals surface area contributed by atoms with Gasteiger partial charge in [-0.2, -0.15) is 5.10 Å². The number of aromatic nitrogens is 2. The molecule has 0 bridgehead atoms. The Morgan fingerprint density at radius 3 is 2.37 bits per heavy atom. The van der Waals surface area contributed by atoms with E-state index in [4.69, 9.17) is 5.11 Å². The van der Waals surface area contributed by atoms with Crippen LogP contribution >= 0.6 is 0 Å². The van der Waals surface area contributed by atoms with Crippen LogP contribution in [0.4, 0.5) is 0 Å². The van der Waals surface area contributed by atoms with Crippen LogP contribution in [0.3, 0.4) is 0 Å². The molecule has 1 rings (SSSR count). The van der Waals surface area contributed by atoms with E-state index in [-0.39, 0.29) is 12.3 Å². The molecule has 0 saturated heterocycles. The Labute approximate surface area is 112 Å². The molecule has 0 radical (unpaired) electrons. The molecule has 1 aromatic heterocycles. The van der Waals surface area contributed by atoms with Crippen LogP contribution in [0.25, 0.3) is 0 Å². The summed E-state index contributed by atoms with van der Waals surface area (Å²) in [7, 11) is 1.85. The lowest BCUT2D eigenvalue weighted by atomic mass is 9.89. The topological polar surface area (TPSA) is 84.2 Å². The fourth-order valence-electron chi connectivity index (χ4n) is 1.80. The molecular formula is C13H21N3O3. The lowest BCUT2D eigenvalue weighted by molar-refractivity contribution is -0.149. The zero-order chi connectivity index (χ0) is 14.8. The second-order valence-electron chi connectivity index (χ2n) is 5.42. The van der Waals surface area contributed by atoms with Gasteiger partial charge in [-0.25, -0.2) is 0 Å². The number of carboxylic acids is 1. The van der Waals surface area contributed by atoms with Gasteiger partial charge in [-0.15, -0.1) is 0 Å². The van der Waals surface area contributed by atoms with Gasteiger partial charge in [0, 0.05) is 31.3 Å². The Morgan fingerprint density at radius 2 is 1.95 bits per heavy atom. The van der Waals surface area contributed by atoms with Gasteiger partial charge in [-0.05, 0) is 27.7 Å². The summed E-state index contributed by atoms with van der Waals surface area (Å²) in [5.74, 6) is -1.24. The summed E-state index contributed by atoms with van der Waals surface area (Å²) in [6.07, 6.45) is -0.0410. The van der Waals surface area contributed by atoms with Gasteiger partial charge in [-0.3, -0.25) is 14.3 Å². The molecule has 106 valence electrons. The molecule has 0 fully saturated rings. The molecule has 6 heteroatoms. The third-order valence-corrected chi connectivity index (χ3v) is 3.30. The van der Waals surface area contributed by atoms with Crippen molar-refractivity contribution in [2.24, 2.45) is 12.5 Å². The van der Waals surface area contributed by atoms with E-state index in [0.717, 1.165) is 17.0 Å². The number of carboxylic acid groups (broad SMARTS) is 1. The van der Waals surface area contributed by atoms with Gasteiger partial charge in [0.25, 0.3) is 0 Å². The molecule has 2 N–H and O–H groups in total. The normalized spacial score (nSPS) is 11.4. The molecule has 0 unspecified atom stereocenters. The second kappa shape index (κ2) is 5.42. The fraction of sp³-hybridized carbons (Fsp3) is 0.615. The first-order chi connectivity index (χ1) is 8.65. The maximum Gasteiger partial charge on any atom is 0.309 e. The third kappa shape index (κ3) is 3.56. The Bertz CT molecular complexity index is 503. The highest BCUT2D eigenvalue weighted by Gasteiger charge is 2.30. The SMILES string of the molecule is Cc1nn(C)c(C)c1CNC(=O)CC(C)(C)C(=O)O. The Balaban J connectivity index is 2.63. The predicted molar refractivity (Wildman–Crippen MR) is 70.6 cm³/mol. The average molecular weight is 267 g/mol. The molecule has 0 aliphatic heterocycles. The lowest BCUT2D eigenvalue weighted by Gasteiger charge is -2.18. The average Bonchev–Trinajstić information content (AvgIpc) is 2.50. The molecule has 6 nitrogen and oxygen atoms in total. The van der Waals surface area contributed by atoms with Crippen LogP contribution in [0.1, 0.15) is 37.2 Å². The van der Waals surface area contributed by atoms with Crippen molar-refractivity contribution in [1.29, 1.82) is 0 Å². The smallest absolute Gasteiger partial charge is 0.309 e. The van der Waals surface area contributed by atoms with E-state index in [1.165, 1.54) is 13.8 Å². The van der Waals surface area contributed by atoms with Gasteiger partial charge < -0.3 is 10.4 Å². The zero-order valence-electron chi connectivity index (χ0n) is 12.1. The third-order valence-electron chi connectivity index (χ3n) is 3.30. The summed E-state index contributed by atoms with van der Waals surface area (Å²) < 4.78 is 1.76. The van der Waals surface area contributed by atoms with Crippen molar-refractivity contribution in [2.45, 2.75) is 40.7 Å². The number of nitrogens with one attached hydrogen (secondary N) is 1. The fourth-order valence-corrected chi connectivity index (χ4v) is 1.80. The minimum atomic E-state index is -1.05. The molecule has 0 aliphatic rings. The van der Waals surface area contributed by atoms with Gasteiger partial charge in [-0.1, -0.05) is 0 Å². The van der Waals surface area contributed by atoms with Crippen LogP contribution in [0, 0.1) is 19.3 Å². The molecule has 0 aromatic carbocycles. The quantitative estimate of drug-likeness (QED) is 0.838. The van der Waals surface area contributed by atoms with Gasteiger partial charge in [0.05, 0.1) is 11.1 Å². The summed E-state index contributed by atoms with van der Waals surface area (Å²) in [6, 6.07) is 0. The summed E-state index contributed by atoms with van der Waals surface area (Å²) in [4.78, 5) is 22.7. The molecule has 19 heavy (non-hydrogen) atoms. The van der Waals surface area contributed by atoms with E-state index < -0.39 is 11.4 Å². The zero-order valence-corrected chi connectivity index (χ0v) is 12.1. The number of aryl methyl sites for hydroxylation is 2. The molecular weight excluding hydrogens is 246 g/mol. The number of carbonyl (C=O) groups is 2. The second-order valence-corrected chi connectivity index (χ2v) is 5.42. The number of amides is 1. The number of nitrogens with zero attached hydrogens (tertiary/aromatic N) is 2. The maximum atomic E-state index is 11.8. The summed E-state index contributed by atoms with van der Waals surface area (Å²) in [5, 5.41) is 16.0. The first-order valence-corrected chi connectivity index (χ1v) is 6.14. The van der Waals surface area contributed by atoms with Crippen LogP contribution in [0.5, 0.6) is 0 Å². The van der Waals surface area contributed by atoms with E-state index >= 15 is 0 Å². The highest BCUT2D eigenvalue weighted by atomic mass is 16.4. The molecule has 1 aromatic rings. The van der Waals surface area contributed by atoms with Gasteiger partial charge in [0.2, 0.25) is 5.91 Å². The first kappa shape index (κ1) is 15.2. The van der Waals surface area contributed by atoms with Gasteiger partial charge in [0.15, 0.2) is 0 Å². The molecule has 0 atom stereocenters. The predicted octanol–water partition coefficient (Wildman–Crippen LogP) is 1.15. The standard InChI is InChI=1S/C13H21N3O3/c1-8-10(9(2)16(5)15-8)7-14-11(17)6-13(3,4)12(18)19/h6-7H2,1-5H3,(H,14,17)(H,18,19). The highest BCUT2D eigenvalue weighted by Crippen LogP contribution is 2.20. The number of rotatable bonds is 5. The Morgan fingerprint density at radius 1 is 1.37 bits per heavy atom. The summed E-state index contributed by atoms with van der Waals surface area (Å²) in [5.41, 5.74) is 1.79. The van der Waals surface area contributed by atoms with Crippen LogP contribution in [-0.2, 0) is 23.2 Å². The highest BCUT2D eigenvalue weighted by molar-refractivity contribution is 5.84. The first-order valence-electron chi connectivity index (χ1n) is 6.14. The van der Waals surface area contributed by atoms with Crippen molar-refractivity contribution in [2.75, 3.05) is 0 Å². The number of aliphatic carboxylic acids is 1. The summed E-state index contributed by atoms with van der Waals surface area (Å²) in [6.45, 7) is 7.27. The van der Waals surface area contributed by atoms with E-state index in [0.29, 0.717) is 6.54 Å². The van der Waals surface area contributed by atoms with Gasteiger partial charge in [0.1, 0.15) is 0 Å². The van der Waals surface area contributed by atoms with E-state index in [1.807, 2.05) is 20.9 Å². The summed E-state index contributed by atoms with van der Waals surface area (Å²) >= 11 is 0. The van der Waals surface area contributed by atoms with E-state index in [2.05, 4.69) is 10.4 Å². The number of hydrogen-bond donors (Lipinski definition) is 2. The molecule has 0 aliphatic carbocycles. The Kier molecular flexibility index (Phi) is 4.34. The minimum Gasteiger partial charge on any atom is -0.481 e. The van der Waals surface area contributed by atoms with Crippen molar-refractivity contribution < 1.29 is 14.7 Å². The maximum absolute atomic E-state index is 11.8. The van der Waals surface area contributed by atoms with Gasteiger partial charge >= 0.3 is 5.97 Å². The molecule has 0 spiro atoms. The van der Waals surface area contributed by atoms with Crippen LogP contribution < -0.4 is 5.32 Å². The van der Waals surface area contributed by atoms with Crippen molar-refractivity contribution in [3.63, 3.8) is 0 Å². The van der Waals surface area contributed by atoms with Crippen LogP contribution in [-0.4, -0.2) is 26.8 Å². The van der Waals surface area contributed by atoms with Crippen LogP contribution in [0.15, 0.2) is 0 Å². The largest absolute Gasteiger partial charge is 0.481 e. The molecule has 0 saturated carbocycles. The Hall–Kier alpha value is -1.85.